The van der Waals surface area contributed by atoms with E-state index in [-0.39, 0.29) is 0 Å². The Morgan fingerprint density at radius 2 is 1.84 bits per heavy atom. The van der Waals surface area contributed by atoms with Crippen LogP contribution in [0.2, 0.25) is 0 Å². The van der Waals surface area contributed by atoms with Gasteiger partial charge in [-0.15, -0.1) is 0 Å². The normalized spacial score (nSPS) is 11.8. The van der Waals surface area contributed by atoms with E-state index >= 15 is 0 Å². The molecule has 0 aliphatic carbocycles. The molecule has 1 aromatic rings. The monoisotopic (exact) mass is 268 g/mol. The molecule has 0 aliphatic rings. The van der Waals surface area contributed by atoms with Gasteiger partial charge in [0.1, 0.15) is 11.5 Å². The summed E-state index contributed by atoms with van der Waals surface area (Å²) in [7, 11) is 4.26. The van der Waals surface area contributed by atoms with Crippen molar-refractivity contribution in [1.29, 1.82) is 0 Å². The third-order valence-electron chi connectivity index (χ3n) is 2.87. The fourth-order valence-electron chi connectivity index (χ4n) is 1.90. The predicted octanol–water partition coefficient (Wildman–Crippen LogP) is 1.86. The molecule has 19 heavy (non-hydrogen) atoms. The van der Waals surface area contributed by atoms with Crippen LogP contribution in [-0.4, -0.2) is 32.4 Å². The number of ether oxygens (including phenoxy) is 3. The molecule has 0 amide bonds. The number of aliphatic hydroxyl groups excluding tert-OH is 1. The molecule has 0 aromatic heterocycles. The second kappa shape index (κ2) is 6.99. The van der Waals surface area contributed by atoms with E-state index in [2.05, 4.69) is 11.7 Å². The summed E-state index contributed by atoms with van der Waals surface area (Å²) >= 11 is 0. The van der Waals surface area contributed by atoms with E-state index in [9.17, 15) is 9.90 Å². The highest BCUT2D eigenvalue weighted by Crippen LogP contribution is 2.34. The summed E-state index contributed by atoms with van der Waals surface area (Å²) in [5.74, 6) is 0.339. The van der Waals surface area contributed by atoms with Gasteiger partial charge < -0.3 is 19.3 Å². The van der Waals surface area contributed by atoms with Crippen molar-refractivity contribution in [2.45, 2.75) is 25.9 Å². The number of rotatable bonds is 6. The molecule has 0 spiro atoms. The van der Waals surface area contributed by atoms with Crippen LogP contribution < -0.4 is 9.47 Å². The van der Waals surface area contributed by atoms with Crippen molar-refractivity contribution < 1.29 is 24.1 Å². The second-order valence-electron chi connectivity index (χ2n) is 4.08. The van der Waals surface area contributed by atoms with Gasteiger partial charge in [-0.05, 0) is 24.1 Å². The molecule has 0 heterocycles. The number of carbonyl (C=O) groups excluding carboxylic acids is 1. The third kappa shape index (κ3) is 3.38. The minimum Gasteiger partial charge on any atom is -0.496 e. The molecule has 1 unspecified atom stereocenters. The van der Waals surface area contributed by atoms with Gasteiger partial charge in [-0.2, -0.15) is 0 Å². The van der Waals surface area contributed by atoms with Crippen LogP contribution in [0.4, 0.5) is 0 Å². The van der Waals surface area contributed by atoms with Gasteiger partial charge in [0.2, 0.25) is 0 Å². The first-order valence-electron chi connectivity index (χ1n) is 6.09. The molecule has 0 fully saturated rings. The quantitative estimate of drug-likeness (QED) is 0.798. The van der Waals surface area contributed by atoms with E-state index in [4.69, 9.17) is 9.47 Å². The average Bonchev–Trinajstić information content (AvgIpc) is 2.45. The lowest BCUT2D eigenvalue weighted by atomic mass is 10.0. The Kier molecular flexibility index (Phi) is 5.63. The summed E-state index contributed by atoms with van der Waals surface area (Å²) in [5.41, 5.74) is 1.31. The van der Waals surface area contributed by atoms with Crippen LogP contribution >= 0.6 is 0 Å². The van der Waals surface area contributed by atoms with Gasteiger partial charge in [-0.25, -0.2) is 4.79 Å². The number of aryl methyl sites for hydroxylation is 1. The Morgan fingerprint density at radius 3 is 2.32 bits per heavy atom. The van der Waals surface area contributed by atoms with Crippen molar-refractivity contribution in [3.8, 4) is 11.5 Å². The Morgan fingerprint density at radius 1 is 1.21 bits per heavy atom. The maximum atomic E-state index is 11.4. The lowest BCUT2D eigenvalue weighted by Crippen LogP contribution is -2.15. The first kappa shape index (κ1) is 15.3. The first-order valence-corrected chi connectivity index (χ1v) is 6.09. The Balaban J connectivity index is 3.27. The van der Waals surface area contributed by atoms with E-state index < -0.39 is 12.1 Å². The van der Waals surface area contributed by atoms with Gasteiger partial charge in [-0.3, -0.25) is 0 Å². The van der Waals surface area contributed by atoms with Gasteiger partial charge >= 0.3 is 5.97 Å². The van der Waals surface area contributed by atoms with Crippen LogP contribution in [0.1, 0.15) is 30.6 Å². The number of benzene rings is 1. The first-order chi connectivity index (χ1) is 9.08. The lowest BCUT2D eigenvalue weighted by Gasteiger charge is -2.17. The zero-order chi connectivity index (χ0) is 14.4. The molecule has 106 valence electrons. The van der Waals surface area contributed by atoms with E-state index in [1.165, 1.54) is 14.2 Å². The molecule has 5 heteroatoms. The van der Waals surface area contributed by atoms with Crippen LogP contribution in [0.15, 0.2) is 12.1 Å². The number of aliphatic hydroxyl groups is 1. The molecular formula is C14H20O5. The molecule has 1 rings (SSSR count). The van der Waals surface area contributed by atoms with Crippen molar-refractivity contribution in [2.75, 3.05) is 21.3 Å². The minimum atomic E-state index is -1.38. The molecule has 0 saturated heterocycles. The summed E-state index contributed by atoms with van der Waals surface area (Å²) < 4.78 is 15.0. The van der Waals surface area contributed by atoms with Crippen LogP contribution in [0.5, 0.6) is 11.5 Å². The minimum absolute atomic E-state index is 0.339. The molecule has 1 atom stereocenters. The van der Waals surface area contributed by atoms with Crippen molar-refractivity contribution in [3.63, 3.8) is 0 Å². The fourth-order valence-corrected chi connectivity index (χ4v) is 1.90. The molecule has 0 radical (unpaired) electrons. The SMILES string of the molecule is CCCc1cc(OC)c(C(O)C(=O)OC)cc1OC. The maximum Gasteiger partial charge on any atom is 0.339 e. The van der Waals surface area contributed by atoms with Crippen LogP contribution in [-0.2, 0) is 16.0 Å². The van der Waals surface area contributed by atoms with Crippen LogP contribution in [0.3, 0.4) is 0 Å². The third-order valence-corrected chi connectivity index (χ3v) is 2.87. The number of hydrogen-bond donors (Lipinski definition) is 1. The number of hydrogen-bond acceptors (Lipinski definition) is 5. The van der Waals surface area contributed by atoms with Gasteiger partial charge in [0.15, 0.2) is 6.10 Å². The van der Waals surface area contributed by atoms with Crippen molar-refractivity contribution in [1.82, 2.24) is 0 Å². The van der Waals surface area contributed by atoms with Gasteiger partial charge in [0.25, 0.3) is 0 Å². The smallest absolute Gasteiger partial charge is 0.339 e. The fraction of sp³-hybridized carbons (Fsp3) is 0.500. The number of carbonyl (C=O) groups is 1. The summed E-state index contributed by atoms with van der Waals surface area (Å²) in [6.45, 7) is 2.06. The molecule has 1 N–H and O–H groups in total. The Hall–Kier alpha value is -1.75. The Labute approximate surface area is 113 Å². The summed E-state index contributed by atoms with van der Waals surface area (Å²) in [6, 6.07) is 3.40. The van der Waals surface area contributed by atoms with Crippen LogP contribution in [0, 0.1) is 0 Å². The van der Waals surface area contributed by atoms with Crippen LogP contribution in [0.25, 0.3) is 0 Å². The van der Waals surface area contributed by atoms with E-state index in [0.29, 0.717) is 17.1 Å². The molecule has 5 nitrogen and oxygen atoms in total. The molecule has 0 saturated carbocycles. The summed E-state index contributed by atoms with van der Waals surface area (Å²) in [5, 5.41) is 9.93. The van der Waals surface area contributed by atoms with E-state index in [1.807, 2.05) is 0 Å². The largest absolute Gasteiger partial charge is 0.496 e. The lowest BCUT2D eigenvalue weighted by molar-refractivity contribution is -0.150. The maximum absolute atomic E-state index is 11.4. The van der Waals surface area contributed by atoms with Crippen molar-refractivity contribution >= 4 is 5.97 Å². The standard InChI is InChI=1S/C14H20O5/c1-5-6-9-7-12(18-3)10(8-11(9)17-2)13(15)14(16)19-4/h7-8,13,15H,5-6H2,1-4H3. The molecule has 1 aromatic carbocycles. The molecule has 0 bridgehead atoms. The average molecular weight is 268 g/mol. The Bertz CT molecular complexity index is 442. The van der Waals surface area contributed by atoms with Crippen molar-refractivity contribution in [3.05, 3.63) is 23.3 Å². The molecular weight excluding hydrogens is 248 g/mol. The second-order valence-corrected chi connectivity index (χ2v) is 4.08. The number of esters is 1. The zero-order valence-corrected chi connectivity index (χ0v) is 11.7. The van der Waals surface area contributed by atoms with E-state index in [0.717, 1.165) is 18.4 Å². The van der Waals surface area contributed by atoms with Gasteiger partial charge in [0.05, 0.1) is 21.3 Å². The van der Waals surface area contributed by atoms with Crippen molar-refractivity contribution in [2.24, 2.45) is 0 Å². The summed E-state index contributed by atoms with van der Waals surface area (Å²) in [4.78, 5) is 11.4. The molecule has 0 aliphatic heterocycles. The summed E-state index contributed by atoms with van der Waals surface area (Å²) in [6.07, 6.45) is 0.400. The highest BCUT2D eigenvalue weighted by molar-refractivity contribution is 5.77. The predicted molar refractivity (Wildman–Crippen MR) is 70.5 cm³/mol. The highest BCUT2D eigenvalue weighted by Gasteiger charge is 2.24. The van der Waals surface area contributed by atoms with Gasteiger partial charge in [-0.1, -0.05) is 13.3 Å². The number of methoxy groups -OCH3 is 3. The topological polar surface area (TPSA) is 65.0 Å². The van der Waals surface area contributed by atoms with Gasteiger partial charge in [0, 0.05) is 5.56 Å². The van der Waals surface area contributed by atoms with E-state index in [1.54, 1.807) is 19.2 Å². The highest BCUT2D eigenvalue weighted by atomic mass is 16.5. The zero-order valence-electron chi connectivity index (χ0n) is 11.7.